The Morgan fingerprint density at radius 3 is 1.79 bits per heavy atom. The highest BCUT2D eigenvalue weighted by Gasteiger charge is 2.29. The molecule has 0 aromatic heterocycles. The van der Waals surface area contributed by atoms with Crippen molar-refractivity contribution in [1.82, 2.24) is 10.6 Å². The van der Waals surface area contributed by atoms with Gasteiger partial charge in [-0.1, -0.05) is 54.4 Å². The highest BCUT2D eigenvalue weighted by molar-refractivity contribution is 5.84. The molecule has 1 atom stereocenters. The van der Waals surface area contributed by atoms with E-state index >= 15 is 0 Å². The maximum Gasteiger partial charge on any atom is 0.407 e. The molecule has 0 aromatic rings. The Kier molecular flexibility index (Phi) is 20.5. The van der Waals surface area contributed by atoms with Gasteiger partial charge >= 0.3 is 12.1 Å². The topological polar surface area (TPSA) is 93.7 Å². The van der Waals surface area contributed by atoms with E-state index in [-0.39, 0.29) is 15.4 Å². The van der Waals surface area contributed by atoms with Gasteiger partial charge in [0.15, 0.2) is 6.10 Å². The lowest BCUT2D eigenvalue weighted by atomic mass is 10.2. The third kappa shape index (κ3) is 24.2. The van der Waals surface area contributed by atoms with Crippen LogP contribution in [0.15, 0.2) is 0 Å². The van der Waals surface area contributed by atoms with E-state index in [1.165, 1.54) is 19.8 Å². The lowest BCUT2D eigenvalue weighted by Crippen LogP contribution is -2.46. The van der Waals surface area contributed by atoms with E-state index in [0.29, 0.717) is 0 Å². The standard InChI is InChI=1S/C13H22N2O5.2C3H8.C2H6.2H2/c1-8(16)19-10(11(17)15-9-5-6-9)7-14-12(18)20-13(2,3)4;2*1-3-2;1-2;;/h9-10H,5-7H2,1-4H3,(H,14,18)(H,15,17);2*3H2,1-2H3;1-2H3;2*1H. The van der Waals surface area contributed by atoms with Gasteiger partial charge in [0.1, 0.15) is 5.60 Å². The molecule has 0 heterocycles. The van der Waals surface area contributed by atoms with Crippen LogP contribution in [0.3, 0.4) is 0 Å². The van der Waals surface area contributed by atoms with Crippen LogP contribution in [-0.2, 0) is 19.1 Å². The fourth-order valence-corrected chi connectivity index (χ4v) is 1.40. The Hall–Kier alpha value is -1.79. The molecule has 0 saturated heterocycles. The molecule has 1 aliphatic carbocycles. The van der Waals surface area contributed by atoms with Crippen molar-refractivity contribution in [3.63, 3.8) is 0 Å². The Bertz CT molecular complexity index is 424. The second-order valence-corrected chi connectivity index (χ2v) is 7.18. The van der Waals surface area contributed by atoms with Gasteiger partial charge < -0.3 is 20.1 Å². The number of hydrogen-bond acceptors (Lipinski definition) is 5. The molecule has 0 spiro atoms. The number of amides is 2. The van der Waals surface area contributed by atoms with Crippen LogP contribution in [0.5, 0.6) is 0 Å². The number of carbonyl (C=O) groups is 3. The van der Waals surface area contributed by atoms with E-state index in [2.05, 4.69) is 38.3 Å². The summed E-state index contributed by atoms with van der Waals surface area (Å²) in [6.45, 7) is 18.8. The number of rotatable bonds is 5. The van der Waals surface area contributed by atoms with Gasteiger partial charge in [0.25, 0.3) is 5.91 Å². The first-order valence-corrected chi connectivity index (χ1v) is 10.4. The Balaban J connectivity index is -0.000000182. The highest BCUT2D eigenvalue weighted by Crippen LogP contribution is 2.18. The van der Waals surface area contributed by atoms with Gasteiger partial charge in [0.05, 0.1) is 6.54 Å². The number of ether oxygens (including phenoxy) is 2. The van der Waals surface area contributed by atoms with Crippen LogP contribution in [0.4, 0.5) is 4.79 Å². The normalized spacial score (nSPS) is 12.9. The maximum absolute atomic E-state index is 11.8. The minimum Gasteiger partial charge on any atom is -0.451 e. The largest absolute Gasteiger partial charge is 0.451 e. The second-order valence-electron chi connectivity index (χ2n) is 7.18. The SMILES string of the molecule is CC.CC(=O)OC(CNC(=O)OC(C)(C)C)C(=O)NC1CC1.CCC.CCC.[HH].[HH]. The minimum absolute atomic E-state index is 0. The first-order valence-electron chi connectivity index (χ1n) is 10.4. The highest BCUT2D eigenvalue weighted by atomic mass is 16.6. The van der Waals surface area contributed by atoms with Crippen molar-refractivity contribution in [2.24, 2.45) is 0 Å². The molecule has 28 heavy (non-hydrogen) atoms. The van der Waals surface area contributed by atoms with Crippen LogP contribution in [0, 0.1) is 0 Å². The van der Waals surface area contributed by atoms with Crippen molar-refractivity contribution >= 4 is 18.0 Å². The van der Waals surface area contributed by atoms with Gasteiger partial charge in [0, 0.05) is 15.8 Å². The fraction of sp³-hybridized carbons (Fsp3) is 0.857. The minimum atomic E-state index is -1.04. The van der Waals surface area contributed by atoms with Gasteiger partial charge in [0.2, 0.25) is 0 Å². The van der Waals surface area contributed by atoms with Gasteiger partial charge in [-0.3, -0.25) is 9.59 Å². The van der Waals surface area contributed by atoms with Crippen molar-refractivity contribution in [2.45, 2.75) is 113 Å². The van der Waals surface area contributed by atoms with Gasteiger partial charge in [-0.25, -0.2) is 4.79 Å². The molecule has 7 nitrogen and oxygen atoms in total. The van der Waals surface area contributed by atoms with Crippen LogP contribution in [0.1, 0.15) is 97.8 Å². The number of carbonyl (C=O) groups excluding carboxylic acids is 3. The molecule has 1 rings (SSSR count). The van der Waals surface area contributed by atoms with Gasteiger partial charge in [-0.15, -0.1) is 0 Å². The zero-order valence-electron chi connectivity index (χ0n) is 19.7. The molecule has 2 amide bonds. The summed E-state index contributed by atoms with van der Waals surface area (Å²) in [6.07, 6.45) is 2.66. The molecule has 1 saturated carbocycles. The Morgan fingerprint density at radius 1 is 1.04 bits per heavy atom. The molecule has 0 aromatic carbocycles. The quantitative estimate of drug-likeness (QED) is 0.619. The van der Waals surface area contributed by atoms with Crippen LogP contribution in [0.25, 0.3) is 0 Å². The predicted molar refractivity (Wildman–Crippen MR) is 118 cm³/mol. The van der Waals surface area contributed by atoms with E-state index in [1.807, 2.05) is 13.8 Å². The first kappa shape index (κ1) is 30.9. The third-order valence-electron chi connectivity index (χ3n) is 2.36. The summed E-state index contributed by atoms with van der Waals surface area (Å²) < 4.78 is 9.94. The first-order chi connectivity index (χ1) is 13.0. The Labute approximate surface area is 175 Å². The fourth-order valence-electron chi connectivity index (χ4n) is 1.40. The van der Waals surface area contributed by atoms with E-state index < -0.39 is 29.7 Å². The average molecular weight is 409 g/mol. The number of alkyl carbamates (subject to hydrolysis) is 1. The molecule has 172 valence electrons. The zero-order valence-corrected chi connectivity index (χ0v) is 19.7. The summed E-state index contributed by atoms with van der Waals surface area (Å²) in [6, 6.07) is 0.155. The van der Waals surface area contributed by atoms with Crippen LogP contribution in [0.2, 0.25) is 0 Å². The molecule has 1 aliphatic rings. The lowest BCUT2D eigenvalue weighted by Gasteiger charge is -2.21. The number of esters is 1. The monoisotopic (exact) mass is 408 g/mol. The van der Waals surface area contributed by atoms with Crippen LogP contribution < -0.4 is 10.6 Å². The molecule has 1 fully saturated rings. The summed E-state index contributed by atoms with van der Waals surface area (Å²) >= 11 is 0. The molecule has 1 unspecified atom stereocenters. The van der Waals surface area contributed by atoms with Crippen molar-refractivity contribution in [1.29, 1.82) is 0 Å². The van der Waals surface area contributed by atoms with E-state index in [0.717, 1.165) is 12.8 Å². The zero-order chi connectivity index (χ0) is 22.8. The van der Waals surface area contributed by atoms with Crippen molar-refractivity contribution in [2.75, 3.05) is 6.54 Å². The third-order valence-corrected chi connectivity index (χ3v) is 2.36. The summed E-state index contributed by atoms with van der Waals surface area (Å²) in [5, 5.41) is 5.14. The lowest BCUT2D eigenvalue weighted by molar-refractivity contribution is -0.153. The van der Waals surface area contributed by atoms with Crippen molar-refractivity contribution < 1.29 is 26.7 Å². The summed E-state index contributed by atoms with van der Waals surface area (Å²) in [7, 11) is 0. The van der Waals surface area contributed by atoms with Crippen LogP contribution >= 0.6 is 0 Å². The van der Waals surface area contributed by atoms with Crippen molar-refractivity contribution in [3.8, 4) is 0 Å². The van der Waals surface area contributed by atoms with Crippen LogP contribution in [-0.4, -0.2) is 42.3 Å². The van der Waals surface area contributed by atoms with Crippen molar-refractivity contribution in [3.05, 3.63) is 0 Å². The van der Waals surface area contributed by atoms with E-state index in [9.17, 15) is 14.4 Å². The molecular weight excluding hydrogens is 360 g/mol. The summed E-state index contributed by atoms with van der Waals surface area (Å²) in [5.41, 5.74) is -0.628. The summed E-state index contributed by atoms with van der Waals surface area (Å²) in [5.74, 6) is -0.981. The molecule has 0 radical (unpaired) electrons. The second kappa shape index (κ2) is 18.6. The van der Waals surface area contributed by atoms with Gasteiger partial charge in [-0.2, -0.15) is 0 Å². The van der Waals surface area contributed by atoms with E-state index in [4.69, 9.17) is 9.47 Å². The van der Waals surface area contributed by atoms with E-state index in [1.54, 1.807) is 20.8 Å². The summed E-state index contributed by atoms with van der Waals surface area (Å²) in [4.78, 5) is 34.3. The average Bonchev–Trinajstić information content (AvgIpc) is 3.37. The molecular formula is C21H48N2O5. The molecule has 2 N–H and O–H groups in total. The number of hydrogen-bond donors (Lipinski definition) is 2. The maximum atomic E-state index is 11.8. The molecule has 7 heteroatoms. The number of nitrogens with one attached hydrogen (secondary N) is 2. The Morgan fingerprint density at radius 2 is 1.46 bits per heavy atom. The molecule has 0 aliphatic heterocycles. The smallest absolute Gasteiger partial charge is 0.407 e. The molecule has 0 bridgehead atoms. The predicted octanol–water partition coefficient (Wildman–Crippen LogP) is 5.07. The van der Waals surface area contributed by atoms with Gasteiger partial charge in [-0.05, 0) is 33.6 Å².